The quantitative estimate of drug-likeness (QED) is 0.769. The van der Waals surface area contributed by atoms with Crippen molar-refractivity contribution in [1.29, 1.82) is 0 Å². The summed E-state index contributed by atoms with van der Waals surface area (Å²) in [5, 5.41) is 0. The summed E-state index contributed by atoms with van der Waals surface area (Å²) >= 11 is 3.37. The third kappa shape index (κ3) is 3.19. The lowest BCUT2D eigenvalue weighted by Crippen LogP contribution is -2.49. The highest BCUT2D eigenvalue weighted by molar-refractivity contribution is 9.10. The Bertz CT molecular complexity index is 532. The SMILES string of the molecule is COC(=O)C1CN(C(=O)c2ccc(Br)cc2C)CCO1. The zero-order valence-corrected chi connectivity index (χ0v) is 13.0. The van der Waals surface area contributed by atoms with Crippen LogP contribution in [-0.4, -0.2) is 49.7 Å². The average molecular weight is 342 g/mol. The van der Waals surface area contributed by atoms with Gasteiger partial charge in [0.1, 0.15) is 0 Å². The van der Waals surface area contributed by atoms with E-state index in [-0.39, 0.29) is 12.5 Å². The van der Waals surface area contributed by atoms with Gasteiger partial charge in [0.2, 0.25) is 0 Å². The molecule has 0 aliphatic carbocycles. The highest BCUT2D eigenvalue weighted by Crippen LogP contribution is 2.19. The Morgan fingerprint density at radius 1 is 1.45 bits per heavy atom. The average Bonchev–Trinajstić information content (AvgIpc) is 2.46. The van der Waals surface area contributed by atoms with Gasteiger partial charge in [-0.25, -0.2) is 4.79 Å². The molecule has 0 aromatic heterocycles. The first-order chi connectivity index (χ1) is 9.52. The van der Waals surface area contributed by atoms with Crippen molar-refractivity contribution in [2.24, 2.45) is 0 Å². The van der Waals surface area contributed by atoms with Crippen molar-refractivity contribution in [3.63, 3.8) is 0 Å². The number of ether oxygens (including phenoxy) is 2. The van der Waals surface area contributed by atoms with Gasteiger partial charge >= 0.3 is 5.97 Å². The molecule has 0 saturated carbocycles. The lowest BCUT2D eigenvalue weighted by molar-refractivity contribution is -0.158. The van der Waals surface area contributed by atoms with Crippen molar-refractivity contribution < 1.29 is 19.1 Å². The Hall–Kier alpha value is -1.40. The monoisotopic (exact) mass is 341 g/mol. The van der Waals surface area contributed by atoms with Gasteiger partial charge in [-0.1, -0.05) is 15.9 Å². The lowest BCUT2D eigenvalue weighted by atomic mass is 10.1. The second-order valence-electron chi connectivity index (χ2n) is 4.59. The van der Waals surface area contributed by atoms with Gasteiger partial charge in [0.05, 0.1) is 20.3 Å². The third-order valence-corrected chi connectivity index (χ3v) is 3.73. The molecular formula is C14H16BrNO4. The van der Waals surface area contributed by atoms with E-state index in [4.69, 9.17) is 4.74 Å². The second kappa shape index (κ2) is 6.37. The summed E-state index contributed by atoms with van der Waals surface area (Å²) in [5.41, 5.74) is 1.53. The van der Waals surface area contributed by atoms with Crippen molar-refractivity contribution in [2.45, 2.75) is 13.0 Å². The van der Waals surface area contributed by atoms with Crippen molar-refractivity contribution in [3.8, 4) is 0 Å². The first-order valence-electron chi connectivity index (χ1n) is 6.27. The minimum Gasteiger partial charge on any atom is -0.467 e. The molecule has 1 aliphatic rings. The molecule has 0 radical (unpaired) electrons. The fourth-order valence-electron chi connectivity index (χ4n) is 2.15. The van der Waals surface area contributed by atoms with E-state index in [2.05, 4.69) is 20.7 Å². The Balaban J connectivity index is 2.14. The number of hydrogen-bond donors (Lipinski definition) is 0. The van der Waals surface area contributed by atoms with Gasteiger partial charge in [-0.3, -0.25) is 4.79 Å². The van der Waals surface area contributed by atoms with E-state index in [9.17, 15) is 9.59 Å². The summed E-state index contributed by atoms with van der Waals surface area (Å²) in [6, 6.07) is 5.51. The molecule has 6 heteroatoms. The number of hydrogen-bond acceptors (Lipinski definition) is 4. The molecule has 1 unspecified atom stereocenters. The number of halogens is 1. The zero-order valence-electron chi connectivity index (χ0n) is 11.4. The van der Waals surface area contributed by atoms with Gasteiger partial charge in [-0.2, -0.15) is 0 Å². The number of carbonyl (C=O) groups is 2. The van der Waals surface area contributed by atoms with E-state index in [1.54, 1.807) is 11.0 Å². The van der Waals surface area contributed by atoms with E-state index in [1.807, 2.05) is 19.1 Å². The molecule has 1 fully saturated rings. The summed E-state index contributed by atoms with van der Waals surface area (Å²) in [6.07, 6.45) is -0.701. The maximum atomic E-state index is 12.5. The van der Waals surface area contributed by atoms with E-state index in [0.717, 1.165) is 10.0 Å². The molecular weight excluding hydrogens is 326 g/mol. The maximum Gasteiger partial charge on any atom is 0.336 e. The summed E-state index contributed by atoms with van der Waals surface area (Å²) in [7, 11) is 1.31. The van der Waals surface area contributed by atoms with Gasteiger partial charge in [0, 0.05) is 16.6 Å². The predicted molar refractivity (Wildman–Crippen MR) is 76.5 cm³/mol. The minimum absolute atomic E-state index is 0.0906. The minimum atomic E-state index is -0.701. The van der Waals surface area contributed by atoms with Crippen LogP contribution in [0.25, 0.3) is 0 Å². The molecule has 1 aromatic carbocycles. The zero-order chi connectivity index (χ0) is 14.7. The van der Waals surface area contributed by atoms with Crippen LogP contribution in [0.5, 0.6) is 0 Å². The van der Waals surface area contributed by atoms with Crippen LogP contribution in [0.15, 0.2) is 22.7 Å². The number of esters is 1. The van der Waals surface area contributed by atoms with Gasteiger partial charge in [-0.15, -0.1) is 0 Å². The van der Waals surface area contributed by atoms with Crippen molar-refractivity contribution >= 4 is 27.8 Å². The van der Waals surface area contributed by atoms with Crippen LogP contribution >= 0.6 is 15.9 Å². The number of morpholine rings is 1. The highest BCUT2D eigenvalue weighted by Gasteiger charge is 2.30. The maximum absolute atomic E-state index is 12.5. The number of nitrogens with zero attached hydrogens (tertiary/aromatic N) is 1. The number of rotatable bonds is 2. The van der Waals surface area contributed by atoms with Crippen molar-refractivity contribution in [2.75, 3.05) is 26.8 Å². The molecule has 2 rings (SSSR count). The summed E-state index contributed by atoms with van der Waals surface area (Å²) in [5.74, 6) is -0.540. The van der Waals surface area contributed by atoms with E-state index in [0.29, 0.717) is 18.7 Å². The Labute approximate surface area is 126 Å². The molecule has 0 spiro atoms. The van der Waals surface area contributed by atoms with E-state index < -0.39 is 12.1 Å². The number of methoxy groups -OCH3 is 1. The van der Waals surface area contributed by atoms with Crippen LogP contribution in [-0.2, 0) is 14.3 Å². The first-order valence-corrected chi connectivity index (χ1v) is 7.07. The Morgan fingerprint density at radius 3 is 2.85 bits per heavy atom. The van der Waals surface area contributed by atoms with Crippen LogP contribution in [0.2, 0.25) is 0 Å². The van der Waals surface area contributed by atoms with Gasteiger partial charge in [0.25, 0.3) is 5.91 Å². The highest BCUT2D eigenvalue weighted by atomic mass is 79.9. The Morgan fingerprint density at radius 2 is 2.20 bits per heavy atom. The summed E-state index contributed by atoms with van der Waals surface area (Å²) in [6.45, 7) is 2.92. The molecule has 1 amide bonds. The Kier molecular flexibility index (Phi) is 4.77. The number of amides is 1. The fourth-order valence-corrected chi connectivity index (χ4v) is 2.62. The normalized spacial score (nSPS) is 18.8. The molecule has 0 bridgehead atoms. The molecule has 5 nitrogen and oxygen atoms in total. The van der Waals surface area contributed by atoms with Crippen molar-refractivity contribution in [1.82, 2.24) is 4.90 Å². The van der Waals surface area contributed by atoms with Crippen LogP contribution in [0.1, 0.15) is 15.9 Å². The number of benzene rings is 1. The van der Waals surface area contributed by atoms with E-state index >= 15 is 0 Å². The van der Waals surface area contributed by atoms with Gasteiger partial charge < -0.3 is 14.4 Å². The van der Waals surface area contributed by atoms with E-state index in [1.165, 1.54) is 7.11 Å². The third-order valence-electron chi connectivity index (χ3n) is 3.24. The fraction of sp³-hybridized carbons (Fsp3) is 0.429. The molecule has 1 atom stereocenters. The van der Waals surface area contributed by atoms with Crippen LogP contribution < -0.4 is 0 Å². The standard InChI is InChI=1S/C14H16BrNO4/c1-9-7-10(15)3-4-11(9)13(17)16-5-6-20-12(8-16)14(18)19-2/h3-4,7,12H,5-6,8H2,1-2H3. The van der Waals surface area contributed by atoms with Crippen LogP contribution in [0.3, 0.4) is 0 Å². The van der Waals surface area contributed by atoms with Gasteiger partial charge in [0.15, 0.2) is 6.10 Å². The summed E-state index contributed by atoms with van der Waals surface area (Å²) in [4.78, 5) is 25.6. The molecule has 20 heavy (non-hydrogen) atoms. The summed E-state index contributed by atoms with van der Waals surface area (Å²) < 4.78 is 10.9. The van der Waals surface area contributed by atoms with Crippen LogP contribution in [0.4, 0.5) is 0 Å². The number of carbonyl (C=O) groups excluding carboxylic acids is 2. The molecule has 1 saturated heterocycles. The molecule has 0 N–H and O–H groups in total. The number of aryl methyl sites for hydroxylation is 1. The lowest BCUT2D eigenvalue weighted by Gasteiger charge is -2.31. The largest absolute Gasteiger partial charge is 0.467 e. The smallest absolute Gasteiger partial charge is 0.336 e. The molecule has 1 heterocycles. The van der Waals surface area contributed by atoms with Crippen molar-refractivity contribution in [3.05, 3.63) is 33.8 Å². The second-order valence-corrected chi connectivity index (χ2v) is 5.51. The molecule has 1 aliphatic heterocycles. The predicted octanol–water partition coefficient (Wildman–Crippen LogP) is 1.77. The molecule has 108 valence electrons. The topological polar surface area (TPSA) is 55.8 Å². The first kappa shape index (κ1) is 15.0. The van der Waals surface area contributed by atoms with Gasteiger partial charge in [-0.05, 0) is 30.7 Å². The molecule has 1 aromatic rings. The van der Waals surface area contributed by atoms with Crippen LogP contribution in [0, 0.1) is 6.92 Å².